The highest BCUT2D eigenvalue weighted by molar-refractivity contribution is 7.90. The van der Waals surface area contributed by atoms with Crippen LogP contribution in [0.1, 0.15) is 35.3 Å². The summed E-state index contributed by atoms with van der Waals surface area (Å²) in [6.07, 6.45) is 2.87. The SMILES string of the molecule is CS(=O)(=O)c1ccc(-c2cn3c4c(nc3cc2F)[C@@H](N=[N+]=[N-])C[C@@H]4c2ccccc2OC(F)F)cc1. The molecule has 2 atom stereocenters. The molecular formula is C24H18F3N5O3S. The second-order valence-corrected chi connectivity index (χ2v) is 10.4. The lowest BCUT2D eigenvalue weighted by molar-refractivity contribution is -0.0505. The van der Waals surface area contributed by atoms with Gasteiger partial charge in [0.25, 0.3) is 0 Å². The molecule has 0 saturated carbocycles. The van der Waals surface area contributed by atoms with Crippen molar-refractivity contribution < 1.29 is 26.3 Å². The summed E-state index contributed by atoms with van der Waals surface area (Å²) in [4.78, 5) is 7.49. The van der Waals surface area contributed by atoms with Crippen molar-refractivity contribution in [2.45, 2.75) is 29.9 Å². The number of aromatic nitrogens is 2. The summed E-state index contributed by atoms with van der Waals surface area (Å²) in [5.74, 6) is -1.12. The van der Waals surface area contributed by atoms with Crippen molar-refractivity contribution in [3.8, 4) is 16.9 Å². The van der Waals surface area contributed by atoms with Gasteiger partial charge in [-0.1, -0.05) is 35.4 Å². The van der Waals surface area contributed by atoms with E-state index in [2.05, 4.69) is 15.0 Å². The first-order chi connectivity index (χ1) is 17.2. The molecule has 0 aliphatic heterocycles. The van der Waals surface area contributed by atoms with E-state index in [1.165, 1.54) is 42.6 Å². The molecule has 0 spiro atoms. The lowest BCUT2D eigenvalue weighted by atomic mass is 9.95. The molecular weight excluding hydrogens is 495 g/mol. The molecule has 184 valence electrons. The van der Waals surface area contributed by atoms with Gasteiger partial charge in [0, 0.05) is 40.5 Å². The largest absolute Gasteiger partial charge is 0.435 e. The minimum absolute atomic E-state index is 0.0151. The van der Waals surface area contributed by atoms with Crippen LogP contribution in [0.4, 0.5) is 13.2 Å². The summed E-state index contributed by atoms with van der Waals surface area (Å²) in [6.45, 7) is -3.03. The molecule has 8 nitrogen and oxygen atoms in total. The number of azide groups is 1. The molecule has 0 amide bonds. The third-order valence-electron chi connectivity index (χ3n) is 6.17. The first-order valence-electron chi connectivity index (χ1n) is 10.8. The van der Waals surface area contributed by atoms with E-state index in [4.69, 9.17) is 10.3 Å². The monoisotopic (exact) mass is 513 g/mol. The lowest BCUT2D eigenvalue weighted by Crippen LogP contribution is -2.08. The van der Waals surface area contributed by atoms with E-state index in [9.17, 15) is 17.2 Å². The fourth-order valence-electron chi connectivity index (χ4n) is 4.64. The van der Waals surface area contributed by atoms with Gasteiger partial charge in [0.15, 0.2) is 9.84 Å². The Labute approximate surface area is 203 Å². The average Bonchev–Trinajstić information content (AvgIpc) is 3.35. The Bertz CT molecular complexity index is 1630. The fourth-order valence-corrected chi connectivity index (χ4v) is 5.27. The first-order valence-corrected chi connectivity index (χ1v) is 12.7. The number of imidazole rings is 1. The predicted molar refractivity (Wildman–Crippen MR) is 125 cm³/mol. The summed E-state index contributed by atoms with van der Waals surface area (Å²) in [5, 5.41) is 3.83. The maximum absolute atomic E-state index is 15.1. The molecule has 0 bridgehead atoms. The number of para-hydroxylation sites is 1. The zero-order valence-corrected chi connectivity index (χ0v) is 19.5. The topological polar surface area (TPSA) is 109 Å². The first kappa shape index (κ1) is 23.7. The molecule has 36 heavy (non-hydrogen) atoms. The number of alkyl halides is 2. The van der Waals surface area contributed by atoms with Gasteiger partial charge >= 0.3 is 6.61 Å². The van der Waals surface area contributed by atoms with Crippen LogP contribution in [-0.2, 0) is 9.84 Å². The van der Waals surface area contributed by atoms with Gasteiger partial charge in [-0.15, -0.1) is 0 Å². The number of halogens is 3. The molecule has 2 aromatic carbocycles. The van der Waals surface area contributed by atoms with Crippen molar-refractivity contribution >= 4 is 15.5 Å². The Morgan fingerprint density at radius 3 is 2.58 bits per heavy atom. The van der Waals surface area contributed by atoms with Crippen LogP contribution in [0, 0.1) is 5.82 Å². The molecule has 1 aliphatic carbocycles. The average molecular weight is 514 g/mol. The zero-order valence-electron chi connectivity index (χ0n) is 18.7. The van der Waals surface area contributed by atoms with Crippen molar-refractivity contribution in [2.75, 3.05) is 6.26 Å². The Kier molecular flexibility index (Phi) is 5.85. The van der Waals surface area contributed by atoms with Crippen LogP contribution in [0.15, 0.2) is 70.8 Å². The van der Waals surface area contributed by atoms with Crippen LogP contribution in [0.3, 0.4) is 0 Å². The summed E-state index contributed by atoms with van der Waals surface area (Å²) < 4.78 is 71.2. The zero-order chi connectivity index (χ0) is 25.6. The minimum Gasteiger partial charge on any atom is -0.435 e. The van der Waals surface area contributed by atoms with Gasteiger partial charge in [0.05, 0.1) is 22.3 Å². The van der Waals surface area contributed by atoms with E-state index < -0.39 is 34.2 Å². The van der Waals surface area contributed by atoms with E-state index in [0.717, 1.165) is 6.26 Å². The van der Waals surface area contributed by atoms with Crippen LogP contribution >= 0.6 is 0 Å². The van der Waals surface area contributed by atoms with Crippen LogP contribution < -0.4 is 4.74 Å². The maximum atomic E-state index is 15.1. The molecule has 5 rings (SSSR count). The number of nitrogens with zero attached hydrogens (tertiary/aromatic N) is 5. The lowest BCUT2D eigenvalue weighted by Gasteiger charge is -2.18. The molecule has 1 aliphatic rings. The van der Waals surface area contributed by atoms with Crippen LogP contribution in [0.2, 0.25) is 0 Å². The smallest absolute Gasteiger partial charge is 0.387 e. The van der Waals surface area contributed by atoms with Crippen LogP contribution in [0.25, 0.3) is 27.2 Å². The Morgan fingerprint density at radius 2 is 1.92 bits per heavy atom. The van der Waals surface area contributed by atoms with Crippen molar-refractivity contribution in [1.29, 1.82) is 0 Å². The van der Waals surface area contributed by atoms with Gasteiger partial charge in [0.2, 0.25) is 0 Å². The number of benzene rings is 2. The van der Waals surface area contributed by atoms with Gasteiger partial charge in [-0.25, -0.2) is 17.8 Å². The highest BCUT2D eigenvalue weighted by Gasteiger charge is 2.38. The van der Waals surface area contributed by atoms with E-state index in [1.807, 2.05) is 0 Å². The van der Waals surface area contributed by atoms with E-state index in [0.29, 0.717) is 22.5 Å². The molecule has 0 unspecified atom stereocenters. The molecule has 0 radical (unpaired) electrons. The molecule has 2 aromatic heterocycles. The Morgan fingerprint density at radius 1 is 1.19 bits per heavy atom. The normalized spacial score (nSPS) is 17.2. The highest BCUT2D eigenvalue weighted by Crippen LogP contribution is 2.48. The summed E-state index contributed by atoms with van der Waals surface area (Å²) in [5.41, 5.74) is 11.4. The number of ether oxygens (including phenoxy) is 1. The number of pyridine rings is 1. The van der Waals surface area contributed by atoms with Crippen molar-refractivity contribution in [1.82, 2.24) is 9.38 Å². The fraction of sp³-hybridized carbons (Fsp3) is 0.208. The van der Waals surface area contributed by atoms with E-state index in [-0.39, 0.29) is 28.3 Å². The minimum atomic E-state index is -3.42. The third kappa shape index (κ3) is 4.14. The number of hydrogen-bond donors (Lipinski definition) is 0. The summed E-state index contributed by atoms with van der Waals surface area (Å²) >= 11 is 0. The molecule has 2 heterocycles. The molecule has 0 fully saturated rings. The molecule has 0 N–H and O–H groups in total. The molecule has 0 saturated heterocycles. The third-order valence-corrected chi connectivity index (χ3v) is 7.30. The van der Waals surface area contributed by atoms with Crippen molar-refractivity contribution in [3.63, 3.8) is 0 Å². The Balaban J connectivity index is 1.69. The van der Waals surface area contributed by atoms with Crippen molar-refractivity contribution in [3.05, 3.63) is 94.0 Å². The number of hydrogen-bond acceptors (Lipinski definition) is 5. The maximum Gasteiger partial charge on any atom is 0.387 e. The second kappa shape index (κ2) is 8.89. The van der Waals surface area contributed by atoms with Gasteiger partial charge in [-0.3, -0.25) is 0 Å². The molecule has 12 heteroatoms. The Hall–Kier alpha value is -4.02. The van der Waals surface area contributed by atoms with E-state index >= 15 is 4.39 Å². The standard InChI is InChI=1S/C24H18F3N5O3S/c1-36(33,34)14-8-6-13(7-9-14)17-12-32-21(11-18(17)25)29-22-19(30-31-28)10-16(23(22)32)15-4-2-3-5-20(15)35-24(26)27/h2-9,11-12,16,19,24H,10H2,1H3/t16-,19+/m1/s1. The highest BCUT2D eigenvalue weighted by atomic mass is 32.2. The van der Waals surface area contributed by atoms with Gasteiger partial charge in [-0.05, 0) is 35.7 Å². The number of sulfone groups is 1. The van der Waals surface area contributed by atoms with E-state index in [1.54, 1.807) is 22.6 Å². The molecule has 4 aromatic rings. The summed E-state index contributed by atoms with van der Waals surface area (Å²) in [7, 11) is -3.42. The second-order valence-electron chi connectivity index (χ2n) is 8.37. The number of rotatable bonds is 6. The van der Waals surface area contributed by atoms with Gasteiger partial charge in [-0.2, -0.15) is 8.78 Å². The quantitative estimate of drug-likeness (QED) is 0.178. The van der Waals surface area contributed by atoms with Crippen molar-refractivity contribution in [2.24, 2.45) is 5.11 Å². The van der Waals surface area contributed by atoms with Gasteiger partial charge < -0.3 is 9.14 Å². The summed E-state index contributed by atoms with van der Waals surface area (Å²) in [6, 6.07) is 12.7. The van der Waals surface area contributed by atoms with Crippen LogP contribution in [-0.4, -0.2) is 30.7 Å². The van der Waals surface area contributed by atoms with Crippen LogP contribution in [0.5, 0.6) is 5.75 Å². The predicted octanol–water partition coefficient (Wildman–Crippen LogP) is 6.03. The van der Waals surface area contributed by atoms with Gasteiger partial charge in [0.1, 0.15) is 17.2 Å². The number of fused-ring (bicyclic) bond motifs is 3.